The maximum absolute atomic E-state index is 13.5. The van der Waals surface area contributed by atoms with Gasteiger partial charge in [-0.25, -0.2) is 8.78 Å². The fourth-order valence-corrected chi connectivity index (χ4v) is 1.95. The Morgan fingerprint density at radius 1 is 1.22 bits per heavy atom. The van der Waals surface area contributed by atoms with Crippen molar-refractivity contribution in [2.75, 3.05) is 31.3 Å². The summed E-state index contributed by atoms with van der Waals surface area (Å²) in [5, 5.41) is 2.35. The predicted octanol–water partition coefficient (Wildman–Crippen LogP) is 0.661. The van der Waals surface area contributed by atoms with Gasteiger partial charge in [-0.05, 0) is 12.1 Å². The summed E-state index contributed by atoms with van der Waals surface area (Å²) in [6.07, 6.45) is -0.157. The number of nitrogens with zero attached hydrogens (tertiary/aromatic N) is 4. The molecule has 1 aromatic heterocycles. The molecular formula is C16H18F2N6O3. The number of anilines is 2. The molecule has 1 aromatic carbocycles. The number of carbonyl (C=O) groups excluding carboxylic acids is 2. The number of carbonyl (C=O) groups is 2. The van der Waals surface area contributed by atoms with Crippen molar-refractivity contribution in [3.05, 3.63) is 41.2 Å². The van der Waals surface area contributed by atoms with E-state index < -0.39 is 23.5 Å². The van der Waals surface area contributed by atoms with Crippen LogP contribution in [0.1, 0.15) is 22.6 Å². The summed E-state index contributed by atoms with van der Waals surface area (Å²) in [6.45, 7) is -0.302. The minimum Gasteiger partial charge on any atom is -0.457 e. The zero-order valence-corrected chi connectivity index (χ0v) is 14.7. The van der Waals surface area contributed by atoms with Gasteiger partial charge < -0.3 is 20.7 Å². The highest BCUT2D eigenvalue weighted by molar-refractivity contribution is 5.94. The molecule has 3 N–H and O–H groups in total. The van der Waals surface area contributed by atoms with Crippen molar-refractivity contribution in [1.82, 2.24) is 20.3 Å². The normalized spacial score (nSPS) is 10.4. The third-order valence-corrected chi connectivity index (χ3v) is 3.24. The van der Waals surface area contributed by atoms with Crippen molar-refractivity contribution in [1.29, 1.82) is 0 Å². The van der Waals surface area contributed by atoms with Gasteiger partial charge in [-0.15, -0.1) is 0 Å². The molecule has 0 bridgehead atoms. The Morgan fingerprint density at radius 3 is 2.63 bits per heavy atom. The second-order valence-electron chi connectivity index (χ2n) is 5.60. The standard InChI is InChI=1S/C16H18F2N6O3/c1-24(2)16-22-12(21-15(19)23-16)8-27-13(25)5-6-20-14(26)10-4-3-9(17)7-11(10)18/h3-4,7H,5-6,8H2,1-2H3,(H,20,26)(H2,19,21,22,23). The average Bonchev–Trinajstić information content (AvgIpc) is 2.59. The number of rotatable bonds is 7. The lowest BCUT2D eigenvalue weighted by atomic mass is 10.2. The monoisotopic (exact) mass is 380 g/mol. The van der Waals surface area contributed by atoms with E-state index in [0.29, 0.717) is 12.0 Å². The Hall–Kier alpha value is -3.37. The van der Waals surface area contributed by atoms with Crippen LogP contribution < -0.4 is 16.0 Å². The van der Waals surface area contributed by atoms with Gasteiger partial charge in [0.25, 0.3) is 5.91 Å². The first kappa shape index (κ1) is 19.9. The van der Waals surface area contributed by atoms with E-state index in [2.05, 4.69) is 20.3 Å². The van der Waals surface area contributed by atoms with Crippen LogP contribution in [0.3, 0.4) is 0 Å². The summed E-state index contributed by atoms with van der Waals surface area (Å²) in [7, 11) is 3.44. The van der Waals surface area contributed by atoms with Crippen LogP contribution in [0.4, 0.5) is 20.7 Å². The lowest BCUT2D eigenvalue weighted by Crippen LogP contribution is -2.27. The van der Waals surface area contributed by atoms with Crippen LogP contribution >= 0.6 is 0 Å². The molecule has 0 fully saturated rings. The van der Waals surface area contributed by atoms with E-state index in [1.54, 1.807) is 19.0 Å². The SMILES string of the molecule is CN(C)c1nc(N)nc(COC(=O)CCNC(=O)c2ccc(F)cc2F)n1. The molecule has 0 aliphatic carbocycles. The number of nitrogens with one attached hydrogen (secondary N) is 1. The fourth-order valence-electron chi connectivity index (χ4n) is 1.95. The van der Waals surface area contributed by atoms with Crippen LogP contribution in [0.2, 0.25) is 0 Å². The first-order chi connectivity index (χ1) is 12.8. The number of nitrogens with two attached hydrogens (primary N) is 1. The van der Waals surface area contributed by atoms with Crippen LogP contribution in [-0.2, 0) is 16.1 Å². The van der Waals surface area contributed by atoms with Gasteiger partial charge in [-0.3, -0.25) is 9.59 Å². The van der Waals surface area contributed by atoms with Crippen molar-refractivity contribution in [3.8, 4) is 0 Å². The molecule has 144 valence electrons. The third-order valence-electron chi connectivity index (χ3n) is 3.24. The molecule has 2 rings (SSSR count). The molecule has 0 radical (unpaired) electrons. The Kier molecular flexibility index (Phi) is 6.52. The molecule has 1 amide bonds. The molecule has 27 heavy (non-hydrogen) atoms. The number of benzene rings is 1. The Balaban J connectivity index is 1.80. The lowest BCUT2D eigenvalue weighted by Gasteiger charge is -2.11. The number of esters is 1. The topological polar surface area (TPSA) is 123 Å². The molecule has 11 heteroatoms. The summed E-state index contributed by atoms with van der Waals surface area (Å²) in [5.41, 5.74) is 5.25. The van der Waals surface area contributed by atoms with Gasteiger partial charge in [-0.1, -0.05) is 0 Å². The zero-order valence-electron chi connectivity index (χ0n) is 14.7. The van der Waals surface area contributed by atoms with Crippen LogP contribution in [0.5, 0.6) is 0 Å². The van der Waals surface area contributed by atoms with Crippen molar-refractivity contribution < 1.29 is 23.1 Å². The largest absolute Gasteiger partial charge is 0.457 e. The minimum atomic E-state index is -0.987. The van der Waals surface area contributed by atoms with E-state index in [1.807, 2.05) is 0 Å². The Labute approximate surface area is 153 Å². The fraction of sp³-hybridized carbons (Fsp3) is 0.312. The lowest BCUT2D eigenvalue weighted by molar-refractivity contribution is -0.145. The van der Waals surface area contributed by atoms with Gasteiger partial charge in [0, 0.05) is 26.7 Å². The summed E-state index contributed by atoms with van der Waals surface area (Å²) in [6, 6.07) is 2.59. The molecule has 0 spiro atoms. The molecule has 0 saturated carbocycles. The second kappa shape index (κ2) is 8.83. The highest BCUT2D eigenvalue weighted by atomic mass is 19.1. The number of hydrogen-bond donors (Lipinski definition) is 2. The van der Waals surface area contributed by atoms with Crippen LogP contribution in [-0.4, -0.2) is 47.5 Å². The maximum Gasteiger partial charge on any atom is 0.308 e. The average molecular weight is 380 g/mol. The van der Waals surface area contributed by atoms with Gasteiger partial charge in [0.2, 0.25) is 11.9 Å². The summed E-state index contributed by atoms with van der Waals surface area (Å²) >= 11 is 0. The van der Waals surface area contributed by atoms with E-state index >= 15 is 0 Å². The minimum absolute atomic E-state index is 0.00617. The first-order valence-corrected chi connectivity index (χ1v) is 7.83. The van der Waals surface area contributed by atoms with Gasteiger partial charge in [0.1, 0.15) is 11.6 Å². The molecule has 9 nitrogen and oxygen atoms in total. The molecule has 0 aliphatic rings. The smallest absolute Gasteiger partial charge is 0.308 e. The number of hydrogen-bond acceptors (Lipinski definition) is 8. The quantitative estimate of drug-likeness (QED) is 0.672. The second-order valence-corrected chi connectivity index (χ2v) is 5.60. The molecule has 0 unspecified atom stereocenters. The van der Waals surface area contributed by atoms with Crippen LogP contribution in [0, 0.1) is 11.6 Å². The first-order valence-electron chi connectivity index (χ1n) is 7.83. The number of amides is 1. The Morgan fingerprint density at radius 2 is 1.96 bits per heavy atom. The van der Waals surface area contributed by atoms with E-state index in [0.717, 1.165) is 12.1 Å². The summed E-state index contributed by atoms with van der Waals surface area (Å²) in [4.78, 5) is 37.0. The van der Waals surface area contributed by atoms with Gasteiger partial charge in [0.15, 0.2) is 12.4 Å². The maximum atomic E-state index is 13.5. The van der Waals surface area contributed by atoms with Crippen LogP contribution in [0.15, 0.2) is 18.2 Å². The molecule has 1 heterocycles. The van der Waals surface area contributed by atoms with Gasteiger partial charge >= 0.3 is 5.97 Å². The number of halogens is 2. The molecule has 0 aliphatic heterocycles. The number of nitrogen functional groups attached to an aromatic ring is 1. The highest BCUT2D eigenvalue weighted by Gasteiger charge is 2.13. The van der Waals surface area contributed by atoms with Gasteiger partial charge in [-0.2, -0.15) is 15.0 Å². The molecule has 0 saturated heterocycles. The van der Waals surface area contributed by atoms with Crippen LogP contribution in [0.25, 0.3) is 0 Å². The van der Waals surface area contributed by atoms with E-state index in [4.69, 9.17) is 10.5 Å². The summed E-state index contributed by atoms with van der Waals surface area (Å²) < 4.78 is 31.3. The predicted molar refractivity (Wildman–Crippen MR) is 91.7 cm³/mol. The Bertz CT molecular complexity index is 847. The third kappa shape index (κ3) is 5.83. The van der Waals surface area contributed by atoms with Crippen molar-refractivity contribution in [3.63, 3.8) is 0 Å². The van der Waals surface area contributed by atoms with E-state index in [9.17, 15) is 18.4 Å². The zero-order chi connectivity index (χ0) is 20.0. The summed E-state index contributed by atoms with van der Waals surface area (Å²) in [5.74, 6) is -2.67. The van der Waals surface area contributed by atoms with E-state index in [-0.39, 0.29) is 36.9 Å². The molecular weight excluding hydrogens is 362 g/mol. The highest BCUT2D eigenvalue weighted by Crippen LogP contribution is 2.09. The van der Waals surface area contributed by atoms with Crippen molar-refractivity contribution in [2.45, 2.75) is 13.0 Å². The van der Waals surface area contributed by atoms with Crippen molar-refractivity contribution >= 4 is 23.8 Å². The number of ether oxygens (including phenoxy) is 1. The van der Waals surface area contributed by atoms with E-state index in [1.165, 1.54) is 0 Å². The molecule has 0 atom stereocenters. The number of aromatic nitrogens is 3. The van der Waals surface area contributed by atoms with Crippen molar-refractivity contribution in [2.24, 2.45) is 0 Å². The molecule has 2 aromatic rings. The van der Waals surface area contributed by atoms with Gasteiger partial charge in [0.05, 0.1) is 12.0 Å².